The van der Waals surface area contributed by atoms with Crippen molar-refractivity contribution in [3.63, 3.8) is 0 Å². The number of aromatic nitrogens is 6. The number of halogens is 4. The molecule has 0 saturated carbocycles. The summed E-state index contributed by atoms with van der Waals surface area (Å²) in [4.78, 5) is 21.6. The van der Waals surface area contributed by atoms with Crippen LogP contribution in [0, 0.1) is 0 Å². The van der Waals surface area contributed by atoms with Gasteiger partial charge in [-0.15, -0.1) is 0 Å². The van der Waals surface area contributed by atoms with E-state index in [0.29, 0.717) is 37.9 Å². The number of hydrogen-bond donors (Lipinski definition) is 4. The van der Waals surface area contributed by atoms with Gasteiger partial charge in [-0.1, -0.05) is 47.0 Å². The maximum atomic E-state index is 9.93. The smallest absolute Gasteiger partial charge is 0.139 e. The van der Waals surface area contributed by atoms with Crippen molar-refractivity contribution in [1.82, 2.24) is 33.5 Å². The molecular weight excluding hydrogens is 1290 g/mol. The molecule has 0 bridgehead atoms. The normalized spacial score (nSPS) is 16.3. The van der Waals surface area contributed by atoms with E-state index >= 15 is 0 Å². The molecule has 0 atom stereocenters. The van der Waals surface area contributed by atoms with Crippen molar-refractivity contribution >= 4 is 95.9 Å². The number of morpholine rings is 3. The second-order valence-corrected chi connectivity index (χ2v) is 24.8. The quantitative estimate of drug-likeness (QED) is 0.0804. The highest BCUT2D eigenvalue weighted by molar-refractivity contribution is 9.10. The fourth-order valence-electron chi connectivity index (χ4n) is 12.4. The largest absolute Gasteiger partial charge is 0.495 e. The first-order valence-electron chi connectivity index (χ1n) is 30.7. The topological polar surface area (TPSA) is 190 Å². The Balaban J connectivity index is 0.000000133. The van der Waals surface area contributed by atoms with Crippen molar-refractivity contribution in [2.24, 2.45) is 0 Å². The number of aliphatic hydroxyl groups is 3. The van der Waals surface area contributed by atoms with Gasteiger partial charge in [0.25, 0.3) is 0 Å². The first-order chi connectivity index (χ1) is 44.4. The molecule has 3 aromatic carbocycles. The summed E-state index contributed by atoms with van der Waals surface area (Å²) < 4.78 is 39.6. The van der Waals surface area contributed by atoms with Crippen molar-refractivity contribution in [3.8, 4) is 51.0 Å². The Bertz CT molecular complexity index is 3970. The molecule has 4 aliphatic heterocycles. The van der Waals surface area contributed by atoms with Crippen LogP contribution in [0.5, 0.6) is 17.2 Å². The molecule has 91 heavy (non-hydrogen) atoms. The van der Waals surface area contributed by atoms with Crippen molar-refractivity contribution < 1.29 is 43.7 Å². The molecule has 14 rings (SSSR count). The van der Waals surface area contributed by atoms with Crippen molar-refractivity contribution in [1.29, 1.82) is 0 Å². The van der Waals surface area contributed by atoms with Crippen LogP contribution in [-0.2, 0) is 34.0 Å². The van der Waals surface area contributed by atoms with E-state index in [0.717, 1.165) is 183 Å². The summed E-state index contributed by atoms with van der Waals surface area (Å²) in [6.07, 6.45) is 22.7. The van der Waals surface area contributed by atoms with Crippen LogP contribution < -0.4 is 34.2 Å². The van der Waals surface area contributed by atoms with E-state index in [1.54, 1.807) is 45.6 Å². The molecule has 0 spiro atoms. The summed E-state index contributed by atoms with van der Waals surface area (Å²) in [5.41, 5.74) is 18.2. The third kappa shape index (κ3) is 14.1. The molecule has 478 valence electrons. The molecule has 19 nitrogen and oxygen atoms in total. The number of pyridine rings is 3. The number of nitrogens with zero attached hydrogens (tertiary/aromatic N) is 9. The van der Waals surface area contributed by atoms with Gasteiger partial charge in [-0.25, -0.2) is 15.0 Å². The van der Waals surface area contributed by atoms with Gasteiger partial charge in [0.2, 0.25) is 0 Å². The summed E-state index contributed by atoms with van der Waals surface area (Å²) in [5.74, 6) is 1.62. The summed E-state index contributed by atoms with van der Waals surface area (Å²) >= 11 is 22.7. The maximum absolute atomic E-state index is 9.93. The lowest BCUT2D eigenvalue weighted by Gasteiger charge is -2.31. The molecule has 10 heterocycles. The van der Waals surface area contributed by atoms with E-state index in [1.807, 2.05) is 41.3 Å². The highest BCUT2D eigenvalue weighted by Crippen LogP contribution is 2.41. The number of aliphatic hydroxyl groups excluding tert-OH is 3. The van der Waals surface area contributed by atoms with Crippen LogP contribution in [0.4, 0.5) is 17.1 Å². The molecule has 0 unspecified atom stereocenters. The van der Waals surface area contributed by atoms with Crippen LogP contribution in [0.15, 0.2) is 108 Å². The predicted octanol–water partition coefficient (Wildman–Crippen LogP) is 12.1. The minimum atomic E-state index is -0.126. The fraction of sp³-hybridized carbons (Fsp3) is 0.368. The van der Waals surface area contributed by atoms with Gasteiger partial charge in [0.05, 0.1) is 123 Å². The van der Waals surface area contributed by atoms with Gasteiger partial charge in [-0.2, -0.15) is 0 Å². The number of fused-ring (bicyclic) bond motifs is 3. The summed E-state index contributed by atoms with van der Waals surface area (Å²) in [6, 6.07) is 17.1. The fourth-order valence-corrected chi connectivity index (χ4v) is 13.7. The average Bonchev–Trinajstić information content (AvgIpc) is 1.92. The molecule has 9 aromatic rings. The van der Waals surface area contributed by atoms with E-state index in [1.165, 1.54) is 46.5 Å². The lowest BCUT2D eigenvalue weighted by molar-refractivity contribution is 0.122. The molecule has 3 saturated heterocycles. The van der Waals surface area contributed by atoms with E-state index in [2.05, 4.69) is 87.5 Å². The number of anilines is 3. The molecule has 1 aliphatic carbocycles. The highest BCUT2D eigenvalue weighted by Gasteiger charge is 2.25. The van der Waals surface area contributed by atoms with Gasteiger partial charge >= 0.3 is 0 Å². The van der Waals surface area contributed by atoms with Gasteiger partial charge in [-0.05, 0) is 119 Å². The zero-order chi connectivity index (χ0) is 63.1. The second-order valence-electron chi connectivity index (χ2n) is 22.7. The van der Waals surface area contributed by atoms with Crippen LogP contribution in [0.3, 0.4) is 0 Å². The van der Waals surface area contributed by atoms with Crippen LogP contribution in [0.1, 0.15) is 59.9 Å². The Labute approximate surface area is 552 Å². The monoisotopic (exact) mass is 1360 g/mol. The highest BCUT2D eigenvalue weighted by atomic mass is 79.9. The molecule has 3 fully saturated rings. The predicted molar refractivity (Wildman–Crippen MR) is 363 cm³/mol. The van der Waals surface area contributed by atoms with Crippen LogP contribution in [0.2, 0.25) is 15.1 Å². The van der Waals surface area contributed by atoms with Gasteiger partial charge in [0, 0.05) is 140 Å². The van der Waals surface area contributed by atoms with E-state index in [4.69, 9.17) is 78.2 Å². The molecule has 23 heteroatoms. The summed E-state index contributed by atoms with van der Waals surface area (Å²) in [5, 5.41) is 34.5. The van der Waals surface area contributed by atoms with Gasteiger partial charge in [0.1, 0.15) is 34.2 Å². The van der Waals surface area contributed by atoms with E-state index in [9.17, 15) is 15.3 Å². The third-order valence-electron chi connectivity index (χ3n) is 17.2. The lowest BCUT2D eigenvalue weighted by atomic mass is 9.93. The van der Waals surface area contributed by atoms with Gasteiger partial charge in [0.15, 0.2) is 0 Å². The van der Waals surface area contributed by atoms with Crippen molar-refractivity contribution in [2.45, 2.75) is 51.9 Å². The number of hydrogen-bond acceptors (Lipinski definition) is 16. The Morgan fingerprint density at radius 3 is 1.22 bits per heavy atom. The van der Waals surface area contributed by atoms with E-state index < -0.39 is 0 Å². The molecular formula is C68H74BrCl3N10O9. The van der Waals surface area contributed by atoms with Gasteiger partial charge < -0.3 is 77.0 Å². The number of benzene rings is 3. The van der Waals surface area contributed by atoms with Crippen LogP contribution >= 0.6 is 50.7 Å². The molecule has 6 aromatic heterocycles. The molecule has 0 amide bonds. The maximum Gasteiger partial charge on any atom is 0.139 e. The molecule has 4 N–H and O–H groups in total. The van der Waals surface area contributed by atoms with Crippen molar-refractivity contribution in [3.05, 3.63) is 151 Å². The first-order valence-corrected chi connectivity index (χ1v) is 32.6. The number of methoxy groups -OCH3 is 3. The number of imidazole rings is 3. The second kappa shape index (κ2) is 29.4. The Morgan fingerprint density at radius 2 is 0.857 bits per heavy atom. The standard InChI is InChI=1S/C25H28ClN3O3.C24H27ClN4O3.C19H19BrClN3O3/c1-31-24-11-18(16-30)19(12-21(24)26)22-15-29-14-20(17-5-3-2-4-6-17)23(13-25(29)27-22)28-7-9-32-10-8-28;1-31-23-10-17(15-30)18(11-20(23)25)21-14-29-13-19(16-2-4-26-5-3-16)22(12-24(29)27-21)28-6-8-32-9-7-28;1-26-18-6-12(11-25)13(7-15(18)21)16-10-24-9-14(20)17(8-19(24)22-16)23-2-4-27-5-3-23/h5,11-15,30H,2-4,6-10,16H2,1H3;2,10-14,26,30H,3-9,15H2,1H3;6-10,25H,2-5,11H2,1H3. The van der Waals surface area contributed by atoms with Gasteiger partial charge in [-0.3, -0.25) is 0 Å². The summed E-state index contributed by atoms with van der Waals surface area (Å²) in [6.45, 7) is 11.1. The van der Waals surface area contributed by atoms with Crippen molar-refractivity contribution in [2.75, 3.05) is 128 Å². The minimum Gasteiger partial charge on any atom is -0.495 e. The lowest BCUT2D eigenvalue weighted by Crippen LogP contribution is -2.37. The zero-order valence-corrected chi connectivity index (χ0v) is 55.1. The number of nitrogens with one attached hydrogen (secondary N) is 1. The third-order valence-corrected chi connectivity index (χ3v) is 18.7. The summed E-state index contributed by atoms with van der Waals surface area (Å²) in [7, 11) is 4.69. The van der Waals surface area contributed by atoms with Crippen LogP contribution in [0.25, 0.3) is 61.9 Å². The van der Waals surface area contributed by atoms with Crippen LogP contribution in [-0.4, -0.2) is 157 Å². The molecule has 5 aliphatic rings. The zero-order valence-electron chi connectivity index (χ0n) is 51.2. The van der Waals surface area contributed by atoms with E-state index in [-0.39, 0.29) is 19.8 Å². The SMILES string of the molecule is COc1cc(CO)c(-c2cn3cc(Br)c(N4CCOCC4)cc3n2)cc1Cl.COc1cc(CO)c(-c2cn3cc(C4=CCCCC4)c(N4CCOCC4)cc3n2)cc1Cl.COc1cc(CO)c(-c2cn3cc(C4=CCNCC4)c(N4CCOCC4)cc3n2)cc1Cl. The average molecular weight is 1360 g/mol. The number of allylic oxidation sites excluding steroid dienone is 2. The Kier molecular flexibility index (Phi) is 20.7. The number of ether oxygens (including phenoxy) is 6. The minimum absolute atomic E-state index is 0.117. The Morgan fingerprint density at radius 1 is 0.473 bits per heavy atom. The number of rotatable bonds is 14. The Hall–Kier alpha value is -6.92. The molecule has 0 radical (unpaired) electrons. The first kappa shape index (κ1) is 64.2.